The van der Waals surface area contributed by atoms with E-state index in [2.05, 4.69) is 59.9 Å². The molecule has 1 atom stereocenters. The van der Waals surface area contributed by atoms with Crippen molar-refractivity contribution in [2.45, 2.75) is 33.2 Å². The fourth-order valence-corrected chi connectivity index (χ4v) is 2.42. The minimum atomic E-state index is 0.269. The fraction of sp³-hybridized carbons (Fsp3) is 0.429. The van der Waals surface area contributed by atoms with Gasteiger partial charge in [-0.2, -0.15) is 0 Å². The highest BCUT2D eigenvalue weighted by molar-refractivity contribution is 7.09. The van der Waals surface area contributed by atoms with Gasteiger partial charge in [-0.15, -0.1) is 5.10 Å². The Labute approximate surface area is 112 Å². The van der Waals surface area contributed by atoms with Crippen molar-refractivity contribution < 1.29 is 0 Å². The number of nitrogens with one attached hydrogen (secondary N) is 1. The van der Waals surface area contributed by atoms with Gasteiger partial charge in [0.05, 0.1) is 12.2 Å². The van der Waals surface area contributed by atoms with Crippen molar-refractivity contribution >= 4 is 16.5 Å². The van der Waals surface area contributed by atoms with Gasteiger partial charge in [0.1, 0.15) is 5.00 Å². The summed E-state index contributed by atoms with van der Waals surface area (Å²) in [6, 6.07) is 10.8. The van der Waals surface area contributed by atoms with Crippen LogP contribution in [-0.2, 0) is 0 Å². The van der Waals surface area contributed by atoms with Gasteiger partial charge in [-0.05, 0) is 17.4 Å². The second-order valence-electron chi connectivity index (χ2n) is 5.65. The number of aromatic nitrogens is 2. The average Bonchev–Trinajstić information content (AvgIpc) is 2.80. The number of hydrogen-bond donors (Lipinski definition) is 1. The summed E-state index contributed by atoms with van der Waals surface area (Å²) >= 11 is 1.40. The number of hydrogen-bond acceptors (Lipinski definition) is 4. The molecule has 1 aromatic carbocycles. The quantitative estimate of drug-likeness (QED) is 0.899. The lowest BCUT2D eigenvalue weighted by atomic mass is 9.85. The Morgan fingerprint density at radius 1 is 1.22 bits per heavy atom. The van der Waals surface area contributed by atoms with Crippen LogP contribution in [0.15, 0.2) is 36.5 Å². The lowest BCUT2D eigenvalue weighted by Crippen LogP contribution is -2.18. The molecular weight excluding hydrogens is 242 g/mol. The van der Waals surface area contributed by atoms with Crippen molar-refractivity contribution in [1.82, 2.24) is 9.59 Å². The second-order valence-corrected chi connectivity index (χ2v) is 6.44. The molecule has 2 rings (SSSR count). The number of rotatable bonds is 4. The first kappa shape index (κ1) is 13.0. The predicted molar refractivity (Wildman–Crippen MR) is 76.8 cm³/mol. The maximum Gasteiger partial charge on any atom is 0.130 e. The van der Waals surface area contributed by atoms with Gasteiger partial charge >= 0.3 is 0 Å². The van der Waals surface area contributed by atoms with E-state index in [0.29, 0.717) is 6.04 Å². The Bertz CT molecular complexity index is 460. The van der Waals surface area contributed by atoms with Gasteiger partial charge in [0, 0.05) is 11.5 Å². The zero-order valence-electron chi connectivity index (χ0n) is 11.1. The third-order valence-corrected chi connectivity index (χ3v) is 3.29. The minimum absolute atomic E-state index is 0.269. The summed E-state index contributed by atoms with van der Waals surface area (Å²) in [5.41, 5.74) is 1.58. The van der Waals surface area contributed by atoms with Crippen LogP contribution in [0.5, 0.6) is 0 Å². The molecule has 0 aliphatic carbocycles. The predicted octanol–water partition coefficient (Wildman–Crippen LogP) is 4.13. The Kier molecular flexibility index (Phi) is 3.97. The fourth-order valence-electron chi connectivity index (χ4n) is 1.95. The molecule has 0 saturated heterocycles. The summed E-state index contributed by atoms with van der Waals surface area (Å²) in [7, 11) is 0. The van der Waals surface area contributed by atoms with Gasteiger partial charge in [-0.1, -0.05) is 55.6 Å². The maximum absolute atomic E-state index is 3.89. The first-order valence-electron chi connectivity index (χ1n) is 6.13. The van der Waals surface area contributed by atoms with Crippen LogP contribution in [0.3, 0.4) is 0 Å². The summed E-state index contributed by atoms with van der Waals surface area (Å²) in [6.45, 7) is 6.78. The molecule has 0 aliphatic rings. The third-order valence-electron chi connectivity index (χ3n) is 2.70. The van der Waals surface area contributed by atoms with Crippen LogP contribution in [0.4, 0.5) is 5.00 Å². The van der Waals surface area contributed by atoms with Gasteiger partial charge in [-0.25, -0.2) is 0 Å². The van der Waals surface area contributed by atoms with Crippen molar-refractivity contribution in [2.75, 3.05) is 5.32 Å². The summed E-state index contributed by atoms with van der Waals surface area (Å²) < 4.78 is 3.89. The molecule has 0 amide bonds. The van der Waals surface area contributed by atoms with E-state index < -0.39 is 0 Å². The summed E-state index contributed by atoms with van der Waals surface area (Å²) in [4.78, 5) is 0. The van der Waals surface area contributed by atoms with Gasteiger partial charge in [-0.3, -0.25) is 0 Å². The molecule has 2 aromatic rings. The van der Waals surface area contributed by atoms with E-state index in [4.69, 9.17) is 0 Å². The van der Waals surface area contributed by atoms with Crippen LogP contribution in [-0.4, -0.2) is 9.59 Å². The number of nitrogens with zero attached hydrogens (tertiary/aromatic N) is 2. The van der Waals surface area contributed by atoms with Crippen LogP contribution in [0, 0.1) is 5.41 Å². The summed E-state index contributed by atoms with van der Waals surface area (Å²) in [5, 5.41) is 8.42. The highest BCUT2D eigenvalue weighted by Gasteiger charge is 2.20. The lowest BCUT2D eigenvalue weighted by Gasteiger charge is -2.27. The SMILES string of the molecule is CC(C)(C)CC(Nc1cnns1)c1ccccc1. The zero-order valence-corrected chi connectivity index (χ0v) is 11.9. The molecule has 18 heavy (non-hydrogen) atoms. The smallest absolute Gasteiger partial charge is 0.130 e. The molecule has 0 radical (unpaired) electrons. The number of benzene rings is 1. The standard InChI is InChI=1S/C14H19N3S/c1-14(2,3)9-12(11-7-5-4-6-8-11)16-13-10-15-17-18-13/h4-8,10,12,16H,9H2,1-3H3. The van der Waals surface area contributed by atoms with Crippen molar-refractivity contribution in [3.8, 4) is 0 Å². The molecule has 3 nitrogen and oxygen atoms in total. The highest BCUT2D eigenvalue weighted by atomic mass is 32.1. The molecule has 1 heterocycles. The molecule has 96 valence electrons. The Morgan fingerprint density at radius 3 is 2.50 bits per heavy atom. The van der Waals surface area contributed by atoms with Crippen LogP contribution in [0.25, 0.3) is 0 Å². The summed E-state index contributed by atoms with van der Waals surface area (Å²) in [6.07, 6.45) is 2.85. The van der Waals surface area contributed by atoms with Crippen LogP contribution in [0.1, 0.15) is 38.8 Å². The third kappa shape index (κ3) is 3.81. The first-order valence-corrected chi connectivity index (χ1v) is 6.91. The average molecular weight is 261 g/mol. The Hall–Kier alpha value is -1.42. The van der Waals surface area contributed by atoms with Crippen LogP contribution < -0.4 is 5.32 Å². The van der Waals surface area contributed by atoms with Gasteiger partial charge in [0.25, 0.3) is 0 Å². The molecular formula is C14H19N3S. The number of anilines is 1. The largest absolute Gasteiger partial charge is 0.368 e. The highest BCUT2D eigenvalue weighted by Crippen LogP contribution is 2.32. The molecule has 0 aliphatic heterocycles. The Balaban J connectivity index is 2.18. The van der Waals surface area contributed by atoms with Crippen molar-refractivity contribution in [2.24, 2.45) is 5.41 Å². The van der Waals surface area contributed by atoms with E-state index in [9.17, 15) is 0 Å². The molecule has 1 aromatic heterocycles. The minimum Gasteiger partial charge on any atom is -0.368 e. The Morgan fingerprint density at radius 2 is 1.94 bits per heavy atom. The van der Waals surface area contributed by atoms with Crippen molar-refractivity contribution in [3.63, 3.8) is 0 Å². The summed E-state index contributed by atoms with van der Waals surface area (Å²) in [5.74, 6) is 0. The molecule has 1 unspecified atom stereocenters. The molecule has 0 bridgehead atoms. The van der Waals surface area contributed by atoms with E-state index in [0.717, 1.165) is 11.4 Å². The second kappa shape index (κ2) is 5.48. The van der Waals surface area contributed by atoms with E-state index in [1.54, 1.807) is 6.20 Å². The van der Waals surface area contributed by atoms with E-state index in [1.165, 1.54) is 17.1 Å². The topological polar surface area (TPSA) is 37.8 Å². The van der Waals surface area contributed by atoms with Gasteiger partial charge in [0.2, 0.25) is 0 Å². The monoisotopic (exact) mass is 261 g/mol. The van der Waals surface area contributed by atoms with Crippen molar-refractivity contribution in [1.29, 1.82) is 0 Å². The lowest BCUT2D eigenvalue weighted by molar-refractivity contribution is 0.352. The molecule has 1 N–H and O–H groups in total. The molecule has 4 heteroatoms. The van der Waals surface area contributed by atoms with Crippen molar-refractivity contribution in [3.05, 3.63) is 42.1 Å². The van der Waals surface area contributed by atoms with Gasteiger partial charge in [0.15, 0.2) is 0 Å². The van der Waals surface area contributed by atoms with Crippen LogP contribution in [0.2, 0.25) is 0 Å². The zero-order chi connectivity index (χ0) is 13.0. The van der Waals surface area contributed by atoms with E-state index >= 15 is 0 Å². The van der Waals surface area contributed by atoms with E-state index in [-0.39, 0.29) is 5.41 Å². The molecule has 0 saturated carbocycles. The maximum atomic E-state index is 3.89. The molecule has 0 spiro atoms. The molecule has 0 fully saturated rings. The van der Waals surface area contributed by atoms with Gasteiger partial charge < -0.3 is 5.32 Å². The first-order chi connectivity index (χ1) is 8.54. The normalized spacial score (nSPS) is 13.3. The van der Waals surface area contributed by atoms with E-state index in [1.807, 2.05) is 6.07 Å². The van der Waals surface area contributed by atoms with Crippen LogP contribution >= 0.6 is 11.5 Å².